The molecule has 0 aromatic carbocycles. The molecule has 1 saturated heterocycles. The van der Waals surface area contributed by atoms with Gasteiger partial charge in [0.25, 0.3) is 0 Å². The predicted molar refractivity (Wildman–Crippen MR) is 83.0 cm³/mol. The maximum atomic E-state index is 12.3. The number of fused-ring (bicyclic) bond motifs is 5. The molecule has 4 atom stereocenters. The van der Waals surface area contributed by atoms with Gasteiger partial charge in [0.2, 0.25) is 0 Å². The summed E-state index contributed by atoms with van der Waals surface area (Å²) in [7, 11) is 0. The number of hydrogen-bond acceptors (Lipinski definition) is 2. The highest BCUT2D eigenvalue weighted by Crippen LogP contribution is 2.59. The van der Waals surface area contributed by atoms with E-state index in [9.17, 15) is 4.79 Å². The van der Waals surface area contributed by atoms with Crippen LogP contribution in [0.25, 0.3) is 0 Å². The summed E-state index contributed by atoms with van der Waals surface area (Å²) in [5, 5.41) is 0. The average molecular weight is 294 g/mol. The largest absolute Gasteiger partial charge is 0.361 e. The van der Waals surface area contributed by atoms with E-state index < -0.39 is 0 Å². The Morgan fingerprint density at radius 2 is 1.64 bits per heavy atom. The smallest absolute Gasteiger partial charge is 0.184 e. The highest BCUT2D eigenvalue weighted by atomic mass is 16.5. The third kappa shape index (κ3) is 1.43. The zero-order chi connectivity index (χ0) is 14.4. The Labute approximate surface area is 131 Å². The number of ether oxygens (including phenoxy) is 1. The highest BCUT2D eigenvalue weighted by molar-refractivity contribution is 5.95. The summed E-state index contributed by atoms with van der Waals surface area (Å²) in [6.07, 6.45) is 15.6. The van der Waals surface area contributed by atoms with Gasteiger partial charge in [-0.1, -0.05) is 23.8 Å². The van der Waals surface area contributed by atoms with Crippen LogP contribution in [0.2, 0.25) is 0 Å². The van der Waals surface area contributed by atoms with E-state index in [1.165, 1.54) is 37.7 Å². The summed E-state index contributed by atoms with van der Waals surface area (Å²) >= 11 is 0. The van der Waals surface area contributed by atoms with E-state index >= 15 is 0 Å². The van der Waals surface area contributed by atoms with Crippen LogP contribution in [0.4, 0.5) is 0 Å². The Morgan fingerprint density at radius 3 is 2.36 bits per heavy atom. The first-order chi connectivity index (χ1) is 10.8. The number of ketones is 1. The van der Waals surface area contributed by atoms with Crippen molar-refractivity contribution in [3.8, 4) is 0 Å². The van der Waals surface area contributed by atoms with Crippen molar-refractivity contribution >= 4 is 5.78 Å². The molecule has 7 aliphatic rings. The van der Waals surface area contributed by atoms with Gasteiger partial charge in [0, 0.05) is 11.8 Å². The van der Waals surface area contributed by atoms with Crippen LogP contribution >= 0.6 is 0 Å². The second kappa shape index (κ2) is 4.03. The van der Waals surface area contributed by atoms with Gasteiger partial charge in [-0.05, 0) is 67.4 Å². The Bertz CT molecular complexity index is 623. The molecule has 0 aromatic heterocycles. The van der Waals surface area contributed by atoms with Gasteiger partial charge in [0.15, 0.2) is 5.78 Å². The van der Waals surface area contributed by atoms with Gasteiger partial charge < -0.3 is 4.74 Å². The van der Waals surface area contributed by atoms with Crippen molar-refractivity contribution in [3.05, 3.63) is 35.5 Å². The third-order valence-electron chi connectivity index (χ3n) is 7.36. The van der Waals surface area contributed by atoms with Crippen LogP contribution in [0.15, 0.2) is 35.5 Å². The summed E-state index contributed by atoms with van der Waals surface area (Å²) in [5.41, 5.74) is 3.27. The van der Waals surface area contributed by atoms with Gasteiger partial charge in [-0.2, -0.15) is 0 Å². The maximum Gasteiger partial charge on any atom is 0.184 e. The first-order valence-electron chi connectivity index (χ1n) is 9.07. The molecule has 22 heavy (non-hydrogen) atoms. The highest BCUT2D eigenvalue weighted by Gasteiger charge is 2.53. The molecule has 0 radical (unpaired) electrons. The van der Waals surface area contributed by atoms with Crippen LogP contribution < -0.4 is 0 Å². The summed E-state index contributed by atoms with van der Waals surface area (Å²) in [5.74, 6) is 4.55. The lowest BCUT2D eigenvalue weighted by Gasteiger charge is -2.52. The second-order valence-corrected chi connectivity index (χ2v) is 8.46. The predicted octanol–water partition coefficient (Wildman–Crippen LogP) is 3.45. The van der Waals surface area contributed by atoms with E-state index in [1.54, 1.807) is 11.6 Å². The Balaban J connectivity index is 1.46. The molecule has 1 unspecified atom stereocenters. The number of carbonyl (C=O) groups is 1. The fraction of sp³-hybridized carbons (Fsp3) is 0.650. The fourth-order valence-electron chi connectivity index (χ4n) is 6.83. The summed E-state index contributed by atoms with van der Waals surface area (Å²) in [4.78, 5) is 12.3. The molecule has 4 saturated carbocycles. The van der Waals surface area contributed by atoms with Gasteiger partial charge in [0.05, 0.1) is 6.10 Å². The quantitative estimate of drug-likeness (QED) is 0.684. The summed E-state index contributed by atoms with van der Waals surface area (Å²) in [6, 6.07) is 0. The van der Waals surface area contributed by atoms with Gasteiger partial charge in [-0.25, -0.2) is 0 Å². The van der Waals surface area contributed by atoms with Crippen molar-refractivity contribution in [3.63, 3.8) is 0 Å². The van der Waals surface area contributed by atoms with Gasteiger partial charge >= 0.3 is 0 Å². The van der Waals surface area contributed by atoms with Crippen molar-refractivity contribution in [1.29, 1.82) is 0 Å². The molecule has 5 fully saturated rings. The zero-order valence-corrected chi connectivity index (χ0v) is 12.8. The minimum atomic E-state index is -0.199. The van der Waals surface area contributed by atoms with Crippen molar-refractivity contribution in [2.45, 2.75) is 44.3 Å². The molecule has 2 aliphatic heterocycles. The minimum Gasteiger partial charge on any atom is -0.361 e. The minimum absolute atomic E-state index is 0.138. The van der Waals surface area contributed by atoms with Crippen LogP contribution in [-0.2, 0) is 9.53 Å². The molecule has 2 nitrogen and oxygen atoms in total. The molecule has 2 heteroatoms. The van der Waals surface area contributed by atoms with Gasteiger partial charge in [0.1, 0.15) is 6.10 Å². The number of allylic oxidation sites excluding steroid dienone is 2. The van der Waals surface area contributed by atoms with Crippen molar-refractivity contribution in [1.82, 2.24) is 0 Å². The average Bonchev–Trinajstić information content (AvgIpc) is 3.03. The first-order valence-corrected chi connectivity index (χ1v) is 9.07. The second-order valence-electron chi connectivity index (χ2n) is 8.46. The fourth-order valence-corrected chi connectivity index (χ4v) is 6.83. The zero-order valence-electron chi connectivity index (χ0n) is 12.8. The summed E-state index contributed by atoms with van der Waals surface area (Å²) in [6.45, 7) is 0. The van der Waals surface area contributed by atoms with Crippen LogP contribution in [0.1, 0.15) is 32.1 Å². The van der Waals surface area contributed by atoms with Crippen LogP contribution in [0.5, 0.6) is 0 Å². The number of hydrogen-bond donors (Lipinski definition) is 0. The topological polar surface area (TPSA) is 26.3 Å². The molecule has 0 amide bonds. The van der Waals surface area contributed by atoms with Crippen LogP contribution in [-0.4, -0.2) is 18.0 Å². The first kappa shape index (κ1) is 12.3. The monoisotopic (exact) mass is 294 g/mol. The molecule has 6 bridgehead atoms. The Kier molecular flexibility index (Phi) is 2.25. The molecule has 0 N–H and O–H groups in total. The van der Waals surface area contributed by atoms with Crippen LogP contribution in [0, 0.1) is 35.5 Å². The van der Waals surface area contributed by atoms with Gasteiger partial charge in [-0.15, -0.1) is 0 Å². The van der Waals surface area contributed by atoms with E-state index in [4.69, 9.17) is 4.74 Å². The van der Waals surface area contributed by atoms with E-state index in [-0.39, 0.29) is 18.0 Å². The number of rotatable bonds is 0. The van der Waals surface area contributed by atoms with E-state index in [0.717, 1.165) is 23.7 Å². The van der Waals surface area contributed by atoms with E-state index in [2.05, 4.69) is 12.2 Å². The lowest BCUT2D eigenvalue weighted by atomic mass is 9.53. The standard InChI is InChI=1S/C20H22O2/c21-16-3-4-17-14-1-2-15(19(14)20(16)22-17)18-12-6-10-5-11(8-12)9-13(18)7-10/h1-4,10-14,17,19-20H,5-9H2/t10?,11?,12?,13?,14-,17?,19-,20+/m1/s1. The molecule has 0 spiro atoms. The SMILES string of the molecule is O=C1C=CC2O[C@@H]1[C@H]1C(=C3C4CC5CC(C4)CC3C5)C=C[C@H]21. The normalized spacial score (nSPS) is 53.7. The summed E-state index contributed by atoms with van der Waals surface area (Å²) < 4.78 is 6.03. The molecule has 5 aliphatic carbocycles. The molecule has 0 aromatic rings. The van der Waals surface area contributed by atoms with Crippen molar-refractivity contribution in [2.24, 2.45) is 35.5 Å². The van der Waals surface area contributed by atoms with Crippen molar-refractivity contribution < 1.29 is 9.53 Å². The van der Waals surface area contributed by atoms with Crippen LogP contribution in [0.3, 0.4) is 0 Å². The molecule has 2 heterocycles. The molecule has 7 rings (SSSR count). The lowest BCUT2D eigenvalue weighted by Crippen LogP contribution is -2.41. The van der Waals surface area contributed by atoms with E-state index in [0.29, 0.717) is 11.8 Å². The molecule has 114 valence electrons. The Hall–Kier alpha value is -1.15. The molecular weight excluding hydrogens is 272 g/mol. The third-order valence-corrected chi connectivity index (χ3v) is 7.36. The molecular formula is C20H22O2. The lowest BCUT2D eigenvalue weighted by molar-refractivity contribution is -0.126. The Morgan fingerprint density at radius 1 is 0.909 bits per heavy atom. The van der Waals surface area contributed by atoms with Crippen molar-refractivity contribution in [2.75, 3.05) is 0 Å². The van der Waals surface area contributed by atoms with E-state index in [1.807, 2.05) is 6.08 Å². The van der Waals surface area contributed by atoms with Gasteiger partial charge in [-0.3, -0.25) is 4.79 Å². The number of carbonyl (C=O) groups excluding carboxylic acids is 1. The maximum absolute atomic E-state index is 12.3.